The number of aromatic nitrogens is 2. The van der Waals surface area contributed by atoms with Gasteiger partial charge in [0.15, 0.2) is 0 Å². The minimum absolute atomic E-state index is 0.0271. The highest BCUT2D eigenvalue weighted by Gasteiger charge is 2.15. The van der Waals surface area contributed by atoms with Gasteiger partial charge in [0.25, 0.3) is 5.69 Å². The molecule has 0 aliphatic heterocycles. The minimum Gasteiger partial charge on any atom is -0.419 e. The normalized spacial score (nSPS) is 10.1. The number of nitrogens with zero attached hydrogens (tertiary/aromatic N) is 4. The van der Waals surface area contributed by atoms with Crippen LogP contribution in [0.2, 0.25) is 0 Å². The summed E-state index contributed by atoms with van der Waals surface area (Å²) in [6, 6.07) is 11.4. The molecule has 0 saturated heterocycles. The number of anilines is 1. The van der Waals surface area contributed by atoms with Crippen molar-refractivity contribution in [3.05, 3.63) is 70.2 Å². The molecule has 3 rings (SSSR count). The van der Waals surface area contributed by atoms with Crippen LogP contribution in [0.5, 0.6) is 0 Å². The third-order valence-electron chi connectivity index (χ3n) is 3.23. The van der Waals surface area contributed by atoms with E-state index in [4.69, 9.17) is 4.42 Å². The molecule has 1 aromatic carbocycles. The third-order valence-corrected chi connectivity index (χ3v) is 3.23. The van der Waals surface area contributed by atoms with Crippen molar-refractivity contribution in [2.75, 3.05) is 5.32 Å². The monoisotopic (exact) mass is 321 g/mol. The second-order valence-electron chi connectivity index (χ2n) is 4.83. The summed E-state index contributed by atoms with van der Waals surface area (Å²) >= 11 is 0. The molecular weight excluding hydrogens is 310 g/mol. The number of nitro groups is 1. The van der Waals surface area contributed by atoms with E-state index in [2.05, 4.69) is 15.3 Å². The molecule has 0 fully saturated rings. The van der Waals surface area contributed by atoms with Gasteiger partial charge in [0, 0.05) is 36.6 Å². The Kier molecular flexibility index (Phi) is 4.16. The maximum absolute atomic E-state index is 10.7. The summed E-state index contributed by atoms with van der Waals surface area (Å²) in [7, 11) is 0. The van der Waals surface area contributed by atoms with Crippen LogP contribution in [0.15, 0.2) is 53.2 Å². The fourth-order valence-electron chi connectivity index (χ4n) is 2.05. The molecule has 24 heavy (non-hydrogen) atoms. The van der Waals surface area contributed by atoms with E-state index in [0.29, 0.717) is 12.1 Å². The zero-order valence-electron chi connectivity index (χ0n) is 12.3. The van der Waals surface area contributed by atoms with Gasteiger partial charge in [0.2, 0.25) is 17.5 Å². The van der Waals surface area contributed by atoms with Gasteiger partial charge in [-0.15, -0.1) is 0 Å². The van der Waals surface area contributed by atoms with Crippen molar-refractivity contribution in [3.63, 3.8) is 0 Å². The van der Waals surface area contributed by atoms with Crippen molar-refractivity contribution >= 4 is 11.6 Å². The Morgan fingerprint density at radius 2 is 2.08 bits per heavy atom. The molecule has 2 aromatic heterocycles. The molecule has 1 N–H and O–H groups in total. The van der Waals surface area contributed by atoms with E-state index in [1.807, 2.05) is 18.2 Å². The van der Waals surface area contributed by atoms with Gasteiger partial charge < -0.3 is 9.73 Å². The summed E-state index contributed by atoms with van der Waals surface area (Å²) in [5, 5.41) is 22.9. The number of hydrogen-bond acceptors (Lipinski definition) is 7. The molecule has 3 aromatic rings. The maximum Gasteiger partial charge on any atom is 0.269 e. The predicted molar refractivity (Wildman–Crippen MR) is 84.9 cm³/mol. The fraction of sp³-hybridized carbons (Fsp3) is 0.0625. The Morgan fingerprint density at radius 3 is 2.71 bits per heavy atom. The smallest absolute Gasteiger partial charge is 0.269 e. The molecule has 2 heterocycles. The van der Waals surface area contributed by atoms with Crippen molar-refractivity contribution in [3.8, 4) is 17.5 Å². The second kappa shape index (κ2) is 6.58. The highest BCUT2D eigenvalue weighted by molar-refractivity contribution is 5.60. The lowest BCUT2D eigenvalue weighted by molar-refractivity contribution is -0.384. The first kappa shape index (κ1) is 15.2. The van der Waals surface area contributed by atoms with Crippen LogP contribution in [0.25, 0.3) is 11.5 Å². The summed E-state index contributed by atoms with van der Waals surface area (Å²) in [4.78, 5) is 18.3. The Hall–Kier alpha value is -3.73. The average Bonchev–Trinajstić information content (AvgIpc) is 3.04. The average molecular weight is 321 g/mol. The van der Waals surface area contributed by atoms with Crippen LogP contribution in [0.1, 0.15) is 11.3 Å². The first-order valence-electron chi connectivity index (χ1n) is 6.96. The summed E-state index contributed by atoms with van der Waals surface area (Å²) in [5.74, 6) is 0.463. The predicted octanol–water partition coefficient (Wildman–Crippen LogP) is 3.13. The van der Waals surface area contributed by atoms with Gasteiger partial charge in [-0.05, 0) is 23.8 Å². The van der Waals surface area contributed by atoms with E-state index in [-0.39, 0.29) is 23.2 Å². The zero-order chi connectivity index (χ0) is 16.9. The largest absolute Gasteiger partial charge is 0.419 e. The molecule has 0 spiro atoms. The Bertz CT molecular complexity index is 898. The first-order chi connectivity index (χ1) is 11.7. The number of benzene rings is 1. The van der Waals surface area contributed by atoms with E-state index in [9.17, 15) is 15.4 Å². The number of nitriles is 1. The summed E-state index contributed by atoms with van der Waals surface area (Å²) < 4.78 is 5.58. The number of non-ortho nitro benzene ring substituents is 1. The number of hydrogen-bond donors (Lipinski definition) is 1. The standard InChI is InChI=1S/C16H11N5O3/c17-8-14-16(19-10-11-2-1-7-18-9-11)24-15(20-14)12-3-5-13(6-4-12)21(22)23/h1-7,9,19H,10H2. The van der Waals surface area contributed by atoms with Crippen LogP contribution in [0, 0.1) is 21.4 Å². The first-order valence-corrected chi connectivity index (χ1v) is 6.96. The van der Waals surface area contributed by atoms with Crippen LogP contribution >= 0.6 is 0 Å². The molecule has 0 unspecified atom stereocenters. The van der Waals surface area contributed by atoms with Crippen molar-refractivity contribution in [1.82, 2.24) is 9.97 Å². The highest BCUT2D eigenvalue weighted by Crippen LogP contribution is 2.27. The maximum atomic E-state index is 10.7. The van der Waals surface area contributed by atoms with E-state index in [1.54, 1.807) is 12.4 Å². The molecule has 8 heteroatoms. The van der Waals surface area contributed by atoms with Gasteiger partial charge in [-0.1, -0.05) is 6.07 Å². The van der Waals surface area contributed by atoms with Gasteiger partial charge in [-0.25, -0.2) is 0 Å². The topological polar surface area (TPSA) is 118 Å². The lowest BCUT2D eigenvalue weighted by Gasteiger charge is -2.02. The van der Waals surface area contributed by atoms with Crippen molar-refractivity contribution in [2.24, 2.45) is 0 Å². The van der Waals surface area contributed by atoms with E-state index < -0.39 is 4.92 Å². The van der Waals surface area contributed by atoms with Gasteiger partial charge in [0.05, 0.1) is 4.92 Å². The summed E-state index contributed by atoms with van der Waals surface area (Å²) in [6.07, 6.45) is 3.37. The van der Waals surface area contributed by atoms with Crippen molar-refractivity contribution in [2.45, 2.75) is 6.54 Å². The van der Waals surface area contributed by atoms with E-state index in [0.717, 1.165) is 5.56 Å². The highest BCUT2D eigenvalue weighted by atomic mass is 16.6. The molecule has 0 aliphatic rings. The van der Waals surface area contributed by atoms with Crippen LogP contribution in [-0.2, 0) is 6.54 Å². The Labute approximate surface area is 136 Å². The van der Waals surface area contributed by atoms with Crippen LogP contribution in [0.3, 0.4) is 0 Å². The molecule has 0 amide bonds. The summed E-state index contributed by atoms with van der Waals surface area (Å²) in [6.45, 7) is 0.428. The number of nitrogens with one attached hydrogen (secondary N) is 1. The molecule has 118 valence electrons. The molecule has 0 aliphatic carbocycles. The molecule has 0 bridgehead atoms. The van der Waals surface area contributed by atoms with Crippen molar-refractivity contribution in [1.29, 1.82) is 5.26 Å². The van der Waals surface area contributed by atoms with Gasteiger partial charge in [0.1, 0.15) is 6.07 Å². The number of nitro benzene ring substituents is 1. The van der Waals surface area contributed by atoms with Crippen molar-refractivity contribution < 1.29 is 9.34 Å². The van der Waals surface area contributed by atoms with Crippen LogP contribution < -0.4 is 5.32 Å². The molecule has 8 nitrogen and oxygen atoms in total. The molecule has 0 atom stereocenters. The number of pyridine rings is 1. The Morgan fingerprint density at radius 1 is 1.29 bits per heavy atom. The molecule has 0 radical (unpaired) electrons. The van der Waals surface area contributed by atoms with E-state index in [1.165, 1.54) is 24.3 Å². The van der Waals surface area contributed by atoms with Crippen LogP contribution in [-0.4, -0.2) is 14.9 Å². The van der Waals surface area contributed by atoms with Crippen LogP contribution in [0.4, 0.5) is 11.6 Å². The van der Waals surface area contributed by atoms with Gasteiger partial charge >= 0.3 is 0 Å². The Balaban J connectivity index is 1.82. The number of oxazole rings is 1. The summed E-state index contributed by atoms with van der Waals surface area (Å²) in [5.41, 5.74) is 1.56. The lowest BCUT2D eigenvalue weighted by Crippen LogP contribution is -1.99. The lowest BCUT2D eigenvalue weighted by atomic mass is 10.2. The SMILES string of the molecule is N#Cc1nc(-c2ccc([N+](=O)[O-])cc2)oc1NCc1cccnc1. The van der Waals surface area contributed by atoms with E-state index >= 15 is 0 Å². The number of rotatable bonds is 5. The fourth-order valence-corrected chi connectivity index (χ4v) is 2.05. The second-order valence-corrected chi connectivity index (χ2v) is 4.83. The molecular formula is C16H11N5O3. The third kappa shape index (κ3) is 3.20. The van der Waals surface area contributed by atoms with Gasteiger partial charge in [-0.2, -0.15) is 10.2 Å². The zero-order valence-corrected chi connectivity index (χ0v) is 12.3. The quantitative estimate of drug-likeness (QED) is 0.566. The van der Waals surface area contributed by atoms with Gasteiger partial charge in [-0.3, -0.25) is 15.1 Å². The minimum atomic E-state index is -0.485. The molecule has 0 saturated carbocycles.